The smallest absolute Gasteiger partial charge is 0.0482 e. The molecule has 2 aliphatic carbocycles. The van der Waals surface area contributed by atoms with E-state index in [-0.39, 0.29) is 0 Å². The Morgan fingerprint density at radius 2 is 2.26 bits per heavy atom. The van der Waals surface area contributed by atoms with Gasteiger partial charge in [-0.25, -0.2) is 0 Å². The van der Waals surface area contributed by atoms with E-state index in [0.29, 0.717) is 17.4 Å². The minimum atomic E-state index is 0.531. The lowest BCUT2D eigenvalue weighted by Crippen LogP contribution is -2.38. The van der Waals surface area contributed by atoms with E-state index in [1.54, 1.807) is 0 Å². The van der Waals surface area contributed by atoms with Gasteiger partial charge in [0.25, 0.3) is 0 Å². The molecule has 1 heterocycles. The zero-order chi connectivity index (χ0) is 13.5. The second-order valence-corrected chi connectivity index (χ2v) is 6.97. The highest BCUT2D eigenvalue weighted by Crippen LogP contribution is 2.57. The second kappa shape index (κ2) is 4.90. The molecule has 0 spiro atoms. The van der Waals surface area contributed by atoms with Crippen molar-refractivity contribution >= 4 is 0 Å². The Kier molecular flexibility index (Phi) is 3.38. The van der Waals surface area contributed by atoms with Crippen LogP contribution in [-0.2, 0) is 6.42 Å². The fraction of sp³-hybridized carbons (Fsp3) is 0.706. The number of hydrogen-bond acceptors (Lipinski definition) is 2. The third kappa shape index (κ3) is 2.43. The topological polar surface area (TPSA) is 24.9 Å². The number of aromatic nitrogens is 1. The van der Waals surface area contributed by atoms with Gasteiger partial charge in [-0.3, -0.25) is 4.98 Å². The van der Waals surface area contributed by atoms with Crippen LogP contribution in [0.5, 0.6) is 0 Å². The van der Waals surface area contributed by atoms with E-state index in [2.05, 4.69) is 43.2 Å². The summed E-state index contributed by atoms with van der Waals surface area (Å²) in [6.07, 6.45) is 7.04. The Morgan fingerprint density at radius 3 is 2.95 bits per heavy atom. The number of fused-ring (bicyclic) bond motifs is 1. The van der Waals surface area contributed by atoms with E-state index in [1.165, 1.54) is 36.9 Å². The van der Waals surface area contributed by atoms with Gasteiger partial charge >= 0.3 is 0 Å². The quantitative estimate of drug-likeness (QED) is 0.874. The molecule has 1 aromatic heterocycles. The first-order valence-corrected chi connectivity index (χ1v) is 7.80. The van der Waals surface area contributed by atoms with Crippen molar-refractivity contribution in [1.29, 1.82) is 0 Å². The summed E-state index contributed by atoms with van der Waals surface area (Å²) in [5.41, 5.74) is 3.39. The Balaban J connectivity index is 1.81. The lowest BCUT2D eigenvalue weighted by molar-refractivity contribution is 0.346. The molecule has 3 atom stereocenters. The highest BCUT2D eigenvalue weighted by molar-refractivity contribution is 5.31. The largest absolute Gasteiger partial charge is 0.313 e. The fourth-order valence-corrected chi connectivity index (χ4v) is 3.79. The average molecular weight is 258 g/mol. The Hall–Kier alpha value is -0.890. The van der Waals surface area contributed by atoms with Gasteiger partial charge in [0.2, 0.25) is 0 Å². The number of hydrogen-bond donors (Lipinski definition) is 1. The molecule has 2 heteroatoms. The highest BCUT2D eigenvalue weighted by atomic mass is 15.0. The lowest BCUT2D eigenvalue weighted by atomic mass is 9.89. The van der Waals surface area contributed by atoms with E-state index < -0.39 is 0 Å². The van der Waals surface area contributed by atoms with Gasteiger partial charge in [0.15, 0.2) is 0 Å². The van der Waals surface area contributed by atoms with Crippen molar-refractivity contribution in [3.05, 3.63) is 29.6 Å². The molecule has 104 valence electrons. The monoisotopic (exact) mass is 258 g/mol. The standard InChI is InChI=1S/C17H26N2/c1-4-9-18-16(14-11-17(14,2)3)13-8-7-12-6-5-10-19-15(12)13/h5-6,10,13-14,16,18H,4,7-9,11H2,1-3H3. The van der Waals surface area contributed by atoms with Gasteiger partial charge in [0.05, 0.1) is 0 Å². The molecule has 0 bridgehead atoms. The molecule has 0 aromatic carbocycles. The molecule has 0 amide bonds. The van der Waals surface area contributed by atoms with E-state index in [9.17, 15) is 0 Å². The molecule has 0 saturated heterocycles. The summed E-state index contributed by atoms with van der Waals surface area (Å²) in [4.78, 5) is 4.69. The third-order valence-corrected chi connectivity index (χ3v) is 5.09. The van der Waals surface area contributed by atoms with Crippen molar-refractivity contribution in [3.63, 3.8) is 0 Å². The Bertz CT molecular complexity index is 452. The van der Waals surface area contributed by atoms with E-state index in [0.717, 1.165) is 12.5 Å². The number of nitrogens with one attached hydrogen (secondary N) is 1. The SMILES string of the molecule is CCCNC(C1CCc2cccnc21)C1CC1(C)C. The maximum atomic E-state index is 4.69. The molecule has 3 rings (SSSR count). The molecule has 19 heavy (non-hydrogen) atoms. The van der Waals surface area contributed by atoms with Crippen LogP contribution < -0.4 is 5.32 Å². The van der Waals surface area contributed by atoms with Crippen LogP contribution >= 0.6 is 0 Å². The summed E-state index contributed by atoms with van der Waals surface area (Å²) >= 11 is 0. The predicted octanol–water partition coefficient (Wildman–Crippen LogP) is 3.53. The van der Waals surface area contributed by atoms with Crippen molar-refractivity contribution in [2.75, 3.05) is 6.54 Å². The minimum Gasteiger partial charge on any atom is -0.313 e. The molecule has 2 aliphatic rings. The van der Waals surface area contributed by atoms with Crippen LogP contribution in [-0.4, -0.2) is 17.6 Å². The van der Waals surface area contributed by atoms with Crippen LogP contribution in [0, 0.1) is 11.3 Å². The number of nitrogens with zero attached hydrogens (tertiary/aromatic N) is 1. The number of aryl methyl sites for hydroxylation is 1. The zero-order valence-corrected chi connectivity index (χ0v) is 12.4. The van der Waals surface area contributed by atoms with Crippen LogP contribution in [0.3, 0.4) is 0 Å². The maximum absolute atomic E-state index is 4.69. The number of rotatable bonds is 5. The first-order valence-electron chi connectivity index (χ1n) is 7.80. The van der Waals surface area contributed by atoms with Gasteiger partial charge in [-0.05, 0) is 55.2 Å². The van der Waals surface area contributed by atoms with E-state index in [1.807, 2.05) is 6.20 Å². The van der Waals surface area contributed by atoms with Crippen LogP contribution in [0.25, 0.3) is 0 Å². The Morgan fingerprint density at radius 1 is 1.47 bits per heavy atom. The molecule has 0 aliphatic heterocycles. The maximum Gasteiger partial charge on any atom is 0.0482 e. The van der Waals surface area contributed by atoms with Crippen LogP contribution in [0.2, 0.25) is 0 Å². The lowest BCUT2D eigenvalue weighted by Gasteiger charge is -2.26. The zero-order valence-electron chi connectivity index (χ0n) is 12.4. The van der Waals surface area contributed by atoms with Crippen LogP contribution in [0.15, 0.2) is 18.3 Å². The van der Waals surface area contributed by atoms with Crippen LogP contribution in [0.1, 0.15) is 57.2 Å². The number of pyridine rings is 1. The van der Waals surface area contributed by atoms with Crippen molar-refractivity contribution in [3.8, 4) is 0 Å². The van der Waals surface area contributed by atoms with Crippen molar-refractivity contribution in [1.82, 2.24) is 10.3 Å². The molecule has 0 radical (unpaired) electrons. The van der Waals surface area contributed by atoms with Gasteiger partial charge in [-0.15, -0.1) is 0 Å². The molecule has 1 aromatic rings. The summed E-state index contributed by atoms with van der Waals surface area (Å²) in [6.45, 7) is 8.21. The van der Waals surface area contributed by atoms with Crippen molar-refractivity contribution in [2.24, 2.45) is 11.3 Å². The van der Waals surface area contributed by atoms with Crippen LogP contribution in [0.4, 0.5) is 0 Å². The first kappa shape index (κ1) is 13.1. The van der Waals surface area contributed by atoms with Crippen molar-refractivity contribution < 1.29 is 0 Å². The summed E-state index contributed by atoms with van der Waals surface area (Å²) < 4.78 is 0. The van der Waals surface area contributed by atoms with E-state index >= 15 is 0 Å². The first-order chi connectivity index (χ1) is 9.13. The Labute approximate surface area is 117 Å². The summed E-state index contributed by atoms with van der Waals surface area (Å²) in [5.74, 6) is 1.46. The van der Waals surface area contributed by atoms with Crippen molar-refractivity contribution in [2.45, 2.75) is 58.4 Å². The molecule has 1 fully saturated rings. The van der Waals surface area contributed by atoms with Gasteiger partial charge in [0.1, 0.15) is 0 Å². The average Bonchev–Trinajstić information content (AvgIpc) is 2.86. The summed E-state index contributed by atoms with van der Waals surface area (Å²) in [6, 6.07) is 4.97. The predicted molar refractivity (Wildman–Crippen MR) is 79.3 cm³/mol. The minimum absolute atomic E-state index is 0.531. The molecular formula is C17H26N2. The molecule has 1 saturated carbocycles. The summed E-state index contributed by atoms with van der Waals surface area (Å²) in [5, 5.41) is 3.83. The third-order valence-electron chi connectivity index (χ3n) is 5.09. The summed E-state index contributed by atoms with van der Waals surface area (Å²) in [7, 11) is 0. The van der Waals surface area contributed by atoms with Gasteiger partial charge in [-0.2, -0.15) is 0 Å². The molecular weight excluding hydrogens is 232 g/mol. The van der Waals surface area contributed by atoms with E-state index in [4.69, 9.17) is 0 Å². The van der Waals surface area contributed by atoms with Gasteiger partial charge < -0.3 is 5.32 Å². The molecule has 2 nitrogen and oxygen atoms in total. The fourth-order valence-electron chi connectivity index (χ4n) is 3.79. The molecule has 1 N–H and O–H groups in total. The van der Waals surface area contributed by atoms with Gasteiger partial charge in [-0.1, -0.05) is 26.8 Å². The van der Waals surface area contributed by atoms with Gasteiger partial charge in [0, 0.05) is 23.9 Å². The second-order valence-electron chi connectivity index (χ2n) is 6.97. The normalized spacial score (nSPS) is 29.0. The molecule has 3 unspecified atom stereocenters. The highest BCUT2D eigenvalue weighted by Gasteiger charge is 2.52.